The van der Waals surface area contributed by atoms with E-state index in [1.54, 1.807) is 29.6 Å². The summed E-state index contributed by atoms with van der Waals surface area (Å²) in [5.41, 5.74) is 0.650. The third-order valence-electron chi connectivity index (χ3n) is 4.48. The van der Waals surface area contributed by atoms with Crippen LogP contribution in [0.5, 0.6) is 0 Å². The molecule has 2 aromatic rings. The molecule has 1 aromatic heterocycles. The van der Waals surface area contributed by atoms with Crippen LogP contribution in [0.4, 0.5) is 4.39 Å². The van der Waals surface area contributed by atoms with E-state index in [0.717, 1.165) is 6.54 Å². The monoisotopic (exact) mass is 388 g/mol. The van der Waals surface area contributed by atoms with Gasteiger partial charge in [0.2, 0.25) is 5.78 Å². The third-order valence-corrected chi connectivity index (χ3v) is 5.35. The first kappa shape index (κ1) is 19.3. The van der Waals surface area contributed by atoms with Crippen molar-refractivity contribution >= 4 is 23.0 Å². The number of halogens is 1. The van der Waals surface area contributed by atoms with Gasteiger partial charge in [-0.2, -0.15) is 0 Å². The Morgan fingerprint density at radius 1 is 1.26 bits per heavy atom. The molecule has 2 heterocycles. The Morgan fingerprint density at radius 2 is 1.96 bits per heavy atom. The van der Waals surface area contributed by atoms with Gasteiger partial charge in [0.05, 0.1) is 16.5 Å². The minimum atomic E-state index is -0.727. The fraction of sp³-hybridized carbons (Fsp3) is 0.300. The van der Waals surface area contributed by atoms with Gasteiger partial charge in [0, 0.05) is 6.54 Å². The van der Waals surface area contributed by atoms with Crippen molar-refractivity contribution in [3.8, 4) is 0 Å². The molecule has 1 N–H and O–H groups in total. The van der Waals surface area contributed by atoms with Gasteiger partial charge in [-0.3, -0.25) is 9.59 Å². The van der Waals surface area contributed by atoms with Gasteiger partial charge < -0.3 is 14.9 Å². The number of aliphatic hydroxyl groups is 1. The molecule has 0 radical (unpaired) electrons. The minimum absolute atomic E-state index is 0.0545. The van der Waals surface area contributed by atoms with Crippen LogP contribution >= 0.6 is 11.3 Å². The maximum absolute atomic E-state index is 13.4. The van der Waals surface area contributed by atoms with Gasteiger partial charge in [-0.1, -0.05) is 18.2 Å². The number of amides is 1. The molecule has 142 valence electrons. The van der Waals surface area contributed by atoms with Crippen LogP contribution < -0.4 is 0 Å². The molecule has 1 atom stereocenters. The van der Waals surface area contributed by atoms with Gasteiger partial charge in [-0.15, -0.1) is 11.3 Å². The lowest BCUT2D eigenvalue weighted by atomic mass is 9.95. The average Bonchev–Trinajstić information content (AvgIpc) is 3.25. The Hall–Kier alpha value is -2.51. The molecule has 0 bridgehead atoms. The van der Waals surface area contributed by atoms with Crippen LogP contribution in [-0.2, 0) is 4.79 Å². The number of Topliss-reactive ketones (excluding diaryl/α,β-unsaturated/α-hetero) is 1. The summed E-state index contributed by atoms with van der Waals surface area (Å²) < 4.78 is 13.4. The second-order valence-corrected chi connectivity index (χ2v) is 7.63. The highest BCUT2D eigenvalue weighted by Crippen LogP contribution is 2.39. The first-order valence-corrected chi connectivity index (χ1v) is 9.50. The third kappa shape index (κ3) is 3.94. The molecular formula is C20H21FN2O3S. The zero-order valence-corrected chi connectivity index (χ0v) is 16.0. The summed E-state index contributed by atoms with van der Waals surface area (Å²) in [4.78, 5) is 29.6. The topological polar surface area (TPSA) is 60.9 Å². The van der Waals surface area contributed by atoms with Crippen molar-refractivity contribution in [2.45, 2.75) is 12.5 Å². The van der Waals surface area contributed by atoms with Gasteiger partial charge in [0.25, 0.3) is 5.91 Å². The summed E-state index contributed by atoms with van der Waals surface area (Å²) in [6.07, 6.45) is 0.685. The fourth-order valence-electron chi connectivity index (χ4n) is 3.21. The van der Waals surface area contributed by atoms with Crippen molar-refractivity contribution in [1.82, 2.24) is 9.80 Å². The van der Waals surface area contributed by atoms with Crippen molar-refractivity contribution in [1.29, 1.82) is 0 Å². The van der Waals surface area contributed by atoms with E-state index < -0.39 is 23.5 Å². The zero-order chi connectivity index (χ0) is 19.6. The molecule has 7 heteroatoms. The van der Waals surface area contributed by atoms with Crippen molar-refractivity contribution in [3.63, 3.8) is 0 Å². The van der Waals surface area contributed by atoms with Gasteiger partial charge in [0.1, 0.15) is 5.82 Å². The second-order valence-electron chi connectivity index (χ2n) is 6.68. The highest BCUT2D eigenvalue weighted by molar-refractivity contribution is 7.12. The Labute approximate surface area is 161 Å². The maximum Gasteiger partial charge on any atom is 0.290 e. The van der Waals surface area contributed by atoms with E-state index in [0.29, 0.717) is 23.4 Å². The number of nitrogens with zero attached hydrogens (tertiary/aromatic N) is 2. The van der Waals surface area contributed by atoms with Crippen LogP contribution in [0.1, 0.15) is 27.7 Å². The average molecular weight is 388 g/mol. The van der Waals surface area contributed by atoms with Crippen LogP contribution in [0, 0.1) is 5.82 Å². The van der Waals surface area contributed by atoms with Crippen LogP contribution in [0.15, 0.2) is 53.1 Å². The SMILES string of the molecule is CN(C)CCCN1C(=O)C(O)=C(C(=O)c2cccs2)[C@H]1c1ccc(F)cc1. The van der Waals surface area contributed by atoms with Crippen molar-refractivity contribution in [2.24, 2.45) is 0 Å². The number of rotatable bonds is 7. The molecule has 0 saturated heterocycles. The quantitative estimate of drug-likeness (QED) is 0.739. The lowest BCUT2D eigenvalue weighted by Gasteiger charge is -2.27. The highest BCUT2D eigenvalue weighted by atomic mass is 32.1. The molecule has 3 rings (SSSR count). The minimum Gasteiger partial charge on any atom is -0.503 e. The molecule has 1 aliphatic rings. The van der Waals surface area contributed by atoms with Crippen LogP contribution in [0.25, 0.3) is 0 Å². The first-order chi connectivity index (χ1) is 12.9. The number of hydrogen-bond acceptors (Lipinski definition) is 5. The predicted molar refractivity (Wildman–Crippen MR) is 102 cm³/mol. The van der Waals surface area contributed by atoms with Gasteiger partial charge in [0.15, 0.2) is 5.76 Å². The van der Waals surface area contributed by atoms with E-state index >= 15 is 0 Å². The largest absolute Gasteiger partial charge is 0.503 e. The Morgan fingerprint density at radius 3 is 2.56 bits per heavy atom. The molecule has 1 aromatic carbocycles. The van der Waals surface area contributed by atoms with E-state index in [4.69, 9.17) is 0 Å². The highest BCUT2D eigenvalue weighted by Gasteiger charge is 2.43. The molecular weight excluding hydrogens is 367 g/mol. The van der Waals surface area contributed by atoms with E-state index in [-0.39, 0.29) is 11.4 Å². The maximum atomic E-state index is 13.4. The molecule has 0 unspecified atom stereocenters. The summed E-state index contributed by atoms with van der Waals surface area (Å²) in [5, 5.41) is 12.2. The van der Waals surface area contributed by atoms with Crippen molar-refractivity contribution < 1.29 is 19.1 Å². The van der Waals surface area contributed by atoms with Crippen molar-refractivity contribution in [3.05, 3.63) is 69.4 Å². The normalized spacial score (nSPS) is 17.3. The summed E-state index contributed by atoms with van der Waals surface area (Å²) in [5.74, 6) is -1.86. The lowest BCUT2D eigenvalue weighted by molar-refractivity contribution is -0.129. The number of ketones is 1. The summed E-state index contributed by atoms with van der Waals surface area (Å²) in [7, 11) is 3.87. The second kappa shape index (κ2) is 8.02. The van der Waals surface area contributed by atoms with Gasteiger partial charge in [-0.05, 0) is 56.2 Å². The predicted octanol–water partition coefficient (Wildman–Crippen LogP) is 3.42. The number of hydrogen-bond donors (Lipinski definition) is 1. The van der Waals surface area contributed by atoms with E-state index in [1.165, 1.54) is 28.4 Å². The molecule has 0 aliphatic carbocycles. The number of thiophene rings is 1. The Bertz CT molecular complexity index is 860. The lowest BCUT2D eigenvalue weighted by Crippen LogP contribution is -2.33. The molecule has 1 aliphatic heterocycles. The number of carbonyl (C=O) groups is 2. The first-order valence-electron chi connectivity index (χ1n) is 8.62. The summed E-state index contributed by atoms with van der Waals surface area (Å²) in [6, 6.07) is 8.36. The number of benzene rings is 1. The fourth-order valence-corrected chi connectivity index (χ4v) is 3.88. The molecule has 0 spiro atoms. The van der Waals surface area contributed by atoms with Crippen molar-refractivity contribution in [2.75, 3.05) is 27.2 Å². The molecule has 1 amide bonds. The van der Waals surface area contributed by atoms with Crippen LogP contribution in [0.3, 0.4) is 0 Å². The number of carbonyl (C=O) groups excluding carboxylic acids is 2. The Kier molecular flexibility index (Phi) is 5.72. The Balaban J connectivity index is 1.99. The molecule has 0 fully saturated rings. The molecule has 0 saturated carbocycles. The smallest absolute Gasteiger partial charge is 0.290 e. The molecule has 27 heavy (non-hydrogen) atoms. The van der Waals surface area contributed by atoms with Gasteiger partial charge in [-0.25, -0.2) is 4.39 Å². The van der Waals surface area contributed by atoms with E-state index in [1.807, 2.05) is 19.0 Å². The molecule has 5 nitrogen and oxygen atoms in total. The van der Waals surface area contributed by atoms with Gasteiger partial charge >= 0.3 is 0 Å². The van der Waals surface area contributed by atoms with E-state index in [2.05, 4.69) is 0 Å². The van der Waals surface area contributed by atoms with Crippen LogP contribution in [-0.4, -0.2) is 53.8 Å². The standard InChI is InChI=1S/C20H21FN2O3S/c1-22(2)10-4-11-23-17(13-6-8-14(21)9-7-13)16(19(25)20(23)26)18(24)15-5-3-12-27-15/h3,5-9,12,17,25H,4,10-11H2,1-2H3/t17-/m1/s1. The van der Waals surface area contributed by atoms with Crippen LogP contribution in [0.2, 0.25) is 0 Å². The summed E-state index contributed by atoms with van der Waals surface area (Å²) >= 11 is 1.25. The van der Waals surface area contributed by atoms with E-state index in [9.17, 15) is 19.1 Å². The zero-order valence-electron chi connectivity index (χ0n) is 15.2. The summed E-state index contributed by atoms with van der Waals surface area (Å²) in [6.45, 7) is 1.14. The number of aliphatic hydroxyl groups excluding tert-OH is 1.